The van der Waals surface area contributed by atoms with E-state index in [9.17, 15) is 13.9 Å². The van der Waals surface area contributed by atoms with Crippen molar-refractivity contribution in [3.8, 4) is 0 Å². The van der Waals surface area contributed by atoms with E-state index in [0.717, 1.165) is 45.4 Å². The first kappa shape index (κ1) is 27.1. The van der Waals surface area contributed by atoms with E-state index in [-0.39, 0.29) is 5.56 Å². The lowest BCUT2D eigenvalue weighted by atomic mass is 9.91. The van der Waals surface area contributed by atoms with Gasteiger partial charge in [0.25, 0.3) is 0 Å². The highest BCUT2D eigenvalue weighted by Gasteiger charge is 2.49. The maximum Gasteiger partial charge on any atom is 0.303 e. The Labute approximate surface area is 215 Å². The van der Waals surface area contributed by atoms with Crippen LogP contribution in [-0.2, 0) is 10.7 Å². The summed E-state index contributed by atoms with van der Waals surface area (Å²) >= 11 is 0. The fraction of sp³-hybridized carbons (Fsp3) is 0.519. The highest BCUT2D eigenvalue weighted by Crippen LogP contribution is 2.41. The van der Waals surface area contributed by atoms with Crippen LogP contribution in [-0.4, -0.2) is 52.7 Å². The van der Waals surface area contributed by atoms with Crippen LogP contribution in [0.2, 0.25) is 0 Å². The van der Waals surface area contributed by atoms with Crippen molar-refractivity contribution in [3.05, 3.63) is 53.1 Å². The van der Waals surface area contributed by atoms with Gasteiger partial charge in [-0.15, -0.1) is 5.10 Å². The summed E-state index contributed by atoms with van der Waals surface area (Å²) in [6.45, 7) is 9.83. The lowest BCUT2D eigenvalue weighted by molar-refractivity contribution is -0.170. The maximum atomic E-state index is 15.3. The van der Waals surface area contributed by atoms with Gasteiger partial charge in [0.1, 0.15) is 11.4 Å². The van der Waals surface area contributed by atoms with Gasteiger partial charge in [0, 0.05) is 37.1 Å². The van der Waals surface area contributed by atoms with Crippen molar-refractivity contribution < 1.29 is 23.0 Å². The van der Waals surface area contributed by atoms with Crippen LogP contribution in [0.3, 0.4) is 0 Å². The molecule has 0 spiro atoms. The summed E-state index contributed by atoms with van der Waals surface area (Å²) in [5.74, 6) is -3.61. The molecule has 10 heteroatoms. The average Bonchev–Trinajstić information content (AvgIpc) is 3.24. The van der Waals surface area contributed by atoms with Crippen molar-refractivity contribution in [1.82, 2.24) is 15.2 Å². The van der Waals surface area contributed by atoms with Crippen molar-refractivity contribution >= 4 is 22.4 Å². The molecule has 3 atom stereocenters. The van der Waals surface area contributed by atoms with Gasteiger partial charge in [0.15, 0.2) is 5.82 Å². The molecule has 0 radical (unpaired) electrons. The fourth-order valence-corrected chi connectivity index (χ4v) is 4.60. The zero-order chi connectivity index (χ0) is 27.1. The van der Waals surface area contributed by atoms with Crippen molar-refractivity contribution in [1.29, 1.82) is 0 Å². The van der Waals surface area contributed by atoms with Gasteiger partial charge in [-0.25, -0.2) is 4.39 Å². The van der Waals surface area contributed by atoms with E-state index in [4.69, 9.17) is 4.74 Å². The number of hydrogen-bond acceptors (Lipinski definition) is 7. The molecule has 3 heterocycles. The largest absolute Gasteiger partial charge is 0.384 e. The summed E-state index contributed by atoms with van der Waals surface area (Å²) in [6.07, 6.45) is 1.78. The van der Waals surface area contributed by atoms with Crippen LogP contribution < -0.4 is 10.2 Å². The third kappa shape index (κ3) is 5.22. The molecule has 0 saturated carbocycles. The molecule has 0 amide bonds. The number of ether oxygens (including phenoxy) is 1. The van der Waals surface area contributed by atoms with Crippen LogP contribution in [0.4, 0.5) is 24.7 Å². The van der Waals surface area contributed by atoms with Crippen molar-refractivity contribution in [3.63, 3.8) is 0 Å². The predicted molar refractivity (Wildman–Crippen MR) is 137 cm³/mol. The zero-order valence-corrected chi connectivity index (χ0v) is 22.0. The average molecular weight is 518 g/mol. The molecule has 200 valence electrons. The second-order valence-electron chi connectivity index (χ2n) is 10.6. The number of nitrogens with zero attached hydrogens (tertiary/aromatic N) is 4. The number of rotatable bonds is 8. The molecule has 3 aromatic rings. The quantitative estimate of drug-likeness (QED) is 0.424. The van der Waals surface area contributed by atoms with E-state index in [1.54, 1.807) is 20.0 Å². The van der Waals surface area contributed by atoms with Gasteiger partial charge in [-0.05, 0) is 45.7 Å². The van der Waals surface area contributed by atoms with Gasteiger partial charge in [0.05, 0.1) is 41.3 Å². The van der Waals surface area contributed by atoms with Gasteiger partial charge < -0.3 is 20.1 Å². The lowest BCUT2D eigenvalue weighted by Gasteiger charge is -2.30. The molecule has 37 heavy (non-hydrogen) atoms. The molecule has 2 N–H and O–H groups in total. The predicted octanol–water partition coefficient (Wildman–Crippen LogP) is 5.23. The minimum absolute atomic E-state index is 0.0217. The fourth-order valence-electron chi connectivity index (χ4n) is 4.60. The Bertz CT molecular complexity index is 1280. The van der Waals surface area contributed by atoms with E-state index < -0.39 is 28.9 Å². The molecule has 7 nitrogen and oxygen atoms in total. The van der Waals surface area contributed by atoms with Crippen molar-refractivity contribution in [2.24, 2.45) is 11.8 Å². The lowest BCUT2D eigenvalue weighted by Crippen LogP contribution is -2.41. The first-order valence-electron chi connectivity index (χ1n) is 12.4. The van der Waals surface area contributed by atoms with Crippen LogP contribution in [0.1, 0.15) is 50.6 Å². The number of halogens is 3. The summed E-state index contributed by atoms with van der Waals surface area (Å²) in [4.78, 5) is 6.73. The Balaban J connectivity index is 1.66. The van der Waals surface area contributed by atoms with E-state index >= 15 is 4.39 Å². The highest BCUT2D eigenvalue weighted by molar-refractivity contribution is 5.92. The third-order valence-electron chi connectivity index (χ3n) is 7.19. The first-order valence-corrected chi connectivity index (χ1v) is 12.4. The molecule has 4 rings (SSSR count). The molecule has 1 aliphatic rings. The molecule has 1 aromatic carbocycles. The minimum Gasteiger partial charge on any atom is -0.384 e. The standard InChI is InChI=1S/C27H34F3N5O2/c1-15-13-37-14-18(15)12-35(6)19-10-21-24(31-11-19)17(3)33-34-25(21)32-16(2)20-8-7-9-22(23(20)28)27(29,30)26(4,5)36/h7-11,15-16,18,36H,12-14H2,1-6H3,(H,32,34)/t15-,16-,18+/m1/s1. The van der Waals surface area contributed by atoms with Crippen molar-refractivity contribution in [2.45, 2.75) is 52.2 Å². The SMILES string of the molecule is Cc1nnc(N[C@H](C)c2cccc(C(F)(F)C(C)(C)O)c2F)c2cc(N(C)C[C@H]3COC[C@H]3C)cnc12. The zero-order valence-electron chi connectivity index (χ0n) is 22.0. The molecular weight excluding hydrogens is 483 g/mol. The van der Waals surface area contributed by atoms with Crippen LogP contribution in [0.15, 0.2) is 30.5 Å². The van der Waals surface area contributed by atoms with Gasteiger partial charge in [-0.1, -0.05) is 19.1 Å². The summed E-state index contributed by atoms with van der Waals surface area (Å²) in [5, 5.41) is 22.2. The number of pyridine rings is 1. The Morgan fingerprint density at radius 2 is 1.97 bits per heavy atom. The second-order valence-corrected chi connectivity index (χ2v) is 10.6. The van der Waals surface area contributed by atoms with E-state index in [0.29, 0.717) is 34.3 Å². The Kier molecular flexibility index (Phi) is 7.36. The number of fused-ring (bicyclic) bond motifs is 1. The molecule has 2 aromatic heterocycles. The minimum atomic E-state index is -3.78. The van der Waals surface area contributed by atoms with Crippen LogP contribution >= 0.6 is 0 Å². The monoisotopic (exact) mass is 517 g/mol. The Morgan fingerprint density at radius 1 is 1.24 bits per heavy atom. The molecule has 1 fully saturated rings. The van der Waals surface area contributed by atoms with Gasteiger partial charge in [-0.2, -0.15) is 13.9 Å². The number of aliphatic hydroxyl groups is 1. The van der Waals surface area contributed by atoms with Gasteiger partial charge in [-0.3, -0.25) is 4.98 Å². The molecule has 1 aliphatic heterocycles. The topological polar surface area (TPSA) is 83.4 Å². The van der Waals surface area contributed by atoms with E-state index in [1.807, 2.05) is 13.1 Å². The molecule has 0 bridgehead atoms. The molecule has 1 saturated heterocycles. The Morgan fingerprint density at radius 3 is 2.62 bits per heavy atom. The summed E-state index contributed by atoms with van der Waals surface area (Å²) in [7, 11) is 1.99. The van der Waals surface area contributed by atoms with Crippen LogP contribution in [0.5, 0.6) is 0 Å². The van der Waals surface area contributed by atoms with Gasteiger partial charge >= 0.3 is 5.92 Å². The van der Waals surface area contributed by atoms with Gasteiger partial charge in [0.2, 0.25) is 0 Å². The molecule has 0 unspecified atom stereocenters. The first-order chi connectivity index (χ1) is 17.3. The van der Waals surface area contributed by atoms with Crippen LogP contribution in [0, 0.1) is 24.6 Å². The van der Waals surface area contributed by atoms with Crippen molar-refractivity contribution in [2.75, 3.05) is 37.0 Å². The number of aryl methyl sites for hydroxylation is 1. The number of hydrogen-bond donors (Lipinski definition) is 2. The highest BCUT2D eigenvalue weighted by atomic mass is 19.3. The number of anilines is 2. The summed E-state index contributed by atoms with van der Waals surface area (Å²) in [6, 6.07) is 5.01. The van der Waals surface area contributed by atoms with E-state index in [1.165, 1.54) is 12.1 Å². The summed E-state index contributed by atoms with van der Waals surface area (Å²) in [5.41, 5.74) is -1.11. The molecule has 0 aliphatic carbocycles. The summed E-state index contributed by atoms with van der Waals surface area (Å²) < 4.78 is 50.5. The Hall–Kier alpha value is -2.98. The smallest absolute Gasteiger partial charge is 0.303 e. The number of aromatic nitrogens is 3. The maximum absolute atomic E-state index is 15.3. The van der Waals surface area contributed by atoms with E-state index in [2.05, 4.69) is 32.3 Å². The van der Waals surface area contributed by atoms with Crippen LogP contribution in [0.25, 0.3) is 10.9 Å². The second kappa shape index (κ2) is 10.1. The number of benzene rings is 1. The normalized spacial score (nSPS) is 19.3. The number of alkyl halides is 2. The number of nitrogens with one attached hydrogen (secondary N) is 1. The molecular formula is C27H34F3N5O2. The third-order valence-corrected chi connectivity index (χ3v) is 7.19.